The monoisotopic (exact) mass is 503 g/mol. The Hall–Kier alpha value is -4.06. The molecule has 5 N–H and O–H groups in total. The Balaban J connectivity index is 0.00000118. The third-order valence-corrected chi connectivity index (χ3v) is 4.75. The zero-order valence-corrected chi connectivity index (χ0v) is 20.2. The standard InChI is InChI=1S/C21H27N5O5.C3H6O2/c27-19(28)13-24-21(31)25-18(20(29)30)9-3-6-12-26(14-16-7-1-4-10-22-16)15-17-8-2-5-11-23-17;1-2-3(4)5/h1-2,4-5,7-8,10-11,18H,3,6,9,12-15H2,(H,27,28)(H,29,30)(H2,24,25,31);2H2,1H3,(H,4,5). The lowest BCUT2D eigenvalue weighted by Crippen LogP contribution is -2.47. The van der Waals surface area contributed by atoms with Crippen molar-refractivity contribution in [2.24, 2.45) is 0 Å². The van der Waals surface area contributed by atoms with Gasteiger partial charge in [0.05, 0.1) is 11.4 Å². The van der Waals surface area contributed by atoms with E-state index in [2.05, 4.69) is 25.5 Å². The Morgan fingerprint density at radius 3 is 1.86 bits per heavy atom. The molecule has 0 aromatic carbocycles. The lowest BCUT2D eigenvalue weighted by atomic mass is 10.1. The number of pyridine rings is 2. The van der Waals surface area contributed by atoms with E-state index in [1.165, 1.54) is 0 Å². The molecule has 2 aromatic heterocycles. The topological polar surface area (TPSA) is 182 Å². The van der Waals surface area contributed by atoms with Crippen LogP contribution >= 0.6 is 0 Å². The number of carbonyl (C=O) groups is 4. The normalized spacial score (nSPS) is 11.1. The van der Waals surface area contributed by atoms with Gasteiger partial charge in [0.15, 0.2) is 0 Å². The molecular formula is C24H33N5O7. The van der Waals surface area contributed by atoms with Crippen molar-refractivity contribution >= 4 is 23.9 Å². The van der Waals surface area contributed by atoms with Crippen molar-refractivity contribution in [2.75, 3.05) is 13.1 Å². The molecule has 0 saturated carbocycles. The third-order valence-electron chi connectivity index (χ3n) is 4.75. The summed E-state index contributed by atoms with van der Waals surface area (Å²) in [6.45, 7) is 2.99. The zero-order chi connectivity index (χ0) is 26.8. The van der Waals surface area contributed by atoms with Gasteiger partial charge in [0.25, 0.3) is 0 Å². The molecule has 2 amide bonds. The van der Waals surface area contributed by atoms with Gasteiger partial charge in [0.1, 0.15) is 12.6 Å². The third kappa shape index (κ3) is 14.3. The van der Waals surface area contributed by atoms with Crippen molar-refractivity contribution in [1.82, 2.24) is 25.5 Å². The van der Waals surface area contributed by atoms with E-state index in [0.29, 0.717) is 32.5 Å². The van der Waals surface area contributed by atoms with Gasteiger partial charge >= 0.3 is 23.9 Å². The zero-order valence-electron chi connectivity index (χ0n) is 20.2. The Morgan fingerprint density at radius 1 is 0.889 bits per heavy atom. The molecule has 2 heterocycles. The maximum Gasteiger partial charge on any atom is 0.326 e. The lowest BCUT2D eigenvalue weighted by Gasteiger charge is -2.22. The average Bonchev–Trinajstić information content (AvgIpc) is 2.86. The minimum Gasteiger partial charge on any atom is -0.481 e. The first-order valence-corrected chi connectivity index (χ1v) is 11.4. The molecule has 2 rings (SSSR count). The summed E-state index contributed by atoms with van der Waals surface area (Å²) in [6.07, 6.45) is 5.22. The quantitative estimate of drug-likeness (QED) is 0.239. The predicted molar refractivity (Wildman–Crippen MR) is 130 cm³/mol. The van der Waals surface area contributed by atoms with E-state index in [0.717, 1.165) is 11.4 Å². The summed E-state index contributed by atoms with van der Waals surface area (Å²) in [5.74, 6) is -3.11. The van der Waals surface area contributed by atoms with E-state index in [4.69, 9.17) is 10.2 Å². The van der Waals surface area contributed by atoms with E-state index in [-0.39, 0.29) is 12.8 Å². The average molecular weight is 504 g/mol. The van der Waals surface area contributed by atoms with E-state index < -0.39 is 36.5 Å². The van der Waals surface area contributed by atoms with Crippen molar-refractivity contribution in [2.45, 2.75) is 51.7 Å². The molecule has 12 nitrogen and oxygen atoms in total. The highest BCUT2D eigenvalue weighted by atomic mass is 16.4. The number of nitrogens with one attached hydrogen (secondary N) is 2. The molecule has 0 aliphatic carbocycles. The second-order valence-electron chi connectivity index (χ2n) is 7.71. The maximum atomic E-state index is 11.6. The van der Waals surface area contributed by atoms with Crippen LogP contribution in [0.3, 0.4) is 0 Å². The summed E-state index contributed by atoms with van der Waals surface area (Å²) >= 11 is 0. The fourth-order valence-corrected chi connectivity index (χ4v) is 2.96. The van der Waals surface area contributed by atoms with Gasteiger partial charge in [-0.1, -0.05) is 19.1 Å². The van der Waals surface area contributed by atoms with Gasteiger partial charge in [0.2, 0.25) is 0 Å². The van der Waals surface area contributed by atoms with Gasteiger partial charge in [-0.25, -0.2) is 9.59 Å². The van der Waals surface area contributed by atoms with Crippen LogP contribution in [0.5, 0.6) is 0 Å². The van der Waals surface area contributed by atoms with Crippen molar-refractivity contribution in [3.63, 3.8) is 0 Å². The summed E-state index contributed by atoms with van der Waals surface area (Å²) in [7, 11) is 0. The number of unbranched alkanes of at least 4 members (excludes halogenated alkanes) is 1. The number of carboxylic acid groups (broad SMARTS) is 3. The first kappa shape index (κ1) is 30.0. The summed E-state index contributed by atoms with van der Waals surface area (Å²) in [5, 5.41) is 30.0. The van der Waals surface area contributed by atoms with Gasteiger partial charge in [-0.3, -0.25) is 24.5 Å². The minimum absolute atomic E-state index is 0.222. The number of rotatable bonds is 14. The van der Waals surface area contributed by atoms with Crippen molar-refractivity contribution in [3.8, 4) is 0 Å². The van der Waals surface area contributed by atoms with Crippen LogP contribution in [-0.4, -0.2) is 73.3 Å². The molecule has 0 aliphatic heterocycles. The highest BCUT2D eigenvalue weighted by Gasteiger charge is 2.20. The summed E-state index contributed by atoms with van der Waals surface area (Å²) < 4.78 is 0. The molecular weight excluding hydrogens is 470 g/mol. The van der Waals surface area contributed by atoms with Gasteiger partial charge in [-0.05, 0) is 50.1 Å². The molecule has 0 saturated heterocycles. The highest BCUT2D eigenvalue weighted by Crippen LogP contribution is 2.10. The first-order chi connectivity index (χ1) is 17.2. The van der Waals surface area contributed by atoms with Gasteiger partial charge < -0.3 is 26.0 Å². The number of carboxylic acids is 3. The molecule has 0 spiro atoms. The van der Waals surface area contributed by atoms with Crippen molar-refractivity contribution in [3.05, 3.63) is 60.2 Å². The number of nitrogens with zero attached hydrogens (tertiary/aromatic N) is 3. The Kier molecular flexibility index (Phi) is 14.5. The van der Waals surface area contributed by atoms with Gasteiger partial charge in [0, 0.05) is 31.9 Å². The van der Waals surface area contributed by atoms with Crippen molar-refractivity contribution < 1.29 is 34.5 Å². The number of carbonyl (C=O) groups excluding carboxylic acids is 1. The summed E-state index contributed by atoms with van der Waals surface area (Å²) in [4.78, 5) is 53.8. The van der Waals surface area contributed by atoms with Crippen LogP contribution < -0.4 is 10.6 Å². The van der Waals surface area contributed by atoms with Gasteiger partial charge in [-0.15, -0.1) is 0 Å². The lowest BCUT2D eigenvalue weighted by molar-refractivity contribution is -0.139. The molecule has 0 radical (unpaired) electrons. The molecule has 36 heavy (non-hydrogen) atoms. The summed E-state index contributed by atoms with van der Waals surface area (Å²) in [5.41, 5.74) is 1.86. The predicted octanol–water partition coefficient (Wildman–Crippen LogP) is 1.97. The number of aliphatic carboxylic acids is 3. The molecule has 0 fully saturated rings. The Labute approximate surface area is 209 Å². The SMILES string of the molecule is CCC(=O)O.O=C(O)CNC(=O)NC(CCCCN(Cc1ccccn1)Cc1ccccn1)C(=O)O. The highest BCUT2D eigenvalue weighted by molar-refractivity contribution is 5.84. The van der Waals surface area contributed by atoms with Gasteiger partial charge in [-0.2, -0.15) is 0 Å². The van der Waals surface area contributed by atoms with E-state index in [1.807, 2.05) is 36.4 Å². The second kappa shape index (κ2) is 17.4. The number of amides is 2. The minimum atomic E-state index is -1.21. The largest absolute Gasteiger partial charge is 0.481 e. The van der Waals surface area contributed by atoms with E-state index in [1.54, 1.807) is 19.3 Å². The summed E-state index contributed by atoms with van der Waals surface area (Å²) in [6, 6.07) is 9.57. The van der Waals surface area contributed by atoms with Crippen LogP contribution in [0.15, 0.2) is 48.8 Å². The number of hydrogen-bond acceptors (Lipinski definition) is 7. The second-order valence-corrected chi connectivity index (χ2v) is 7.71. The smallest absolute Gasteiger partial charge is 0.326 e. The van der Waals surface area contributed by atoms with E-state index in [9.17, 15) is 24.3 Å². The molecule has 196 valence electrons. The van der Waals surface area contributed by atoms with Crippen LogP contribution in [0.25, 0.3) is 0 Å². The van der Waals surface area contributed by atoms with Crippen LogP contribution in [0.2, 0.25) is 0 Å². The van der Waals surface area contributed by atoms with Crippen molar-refractivity contribution in [1.29, 1.82) is 0 Å². The fraction of sp³-hybridized carbons (Fsp3) is 0.417. The molecule has 12 heteroatoms. The molecule has 0 aliphatic rings. The number of urea groups is 1. The number of hydrogen-bond donors (Lipinski definition) is 5. The fourth-order valence-electron chi connectivity index (χ4n) is 2.96. The molecule has 1 unspecified atom stereocenters. The van der Waals surface area contributed by atoms with Crippen LogP contribution in [0.1, 0.15) is 44.0 Å². The first-order valence-electron chi connectivity index (χ1n) is 11.4. The Bertz CT molecular complexity index is 903. The van der Waals surface area contributed by atoms with Crippen LogP contribution in [0, 0.1) is 0 Å². The maximum absolute atomic E-state index is 11.6. The van der Waals surface area contributed by atoms with E-state index >= 15 is 0 Å². The molecule has 0 bridgehead atoms. The molecule has 1 atom stereocenters. The Morgan fingerprint density at radius 2 is 1.44 bits per heavy atom. The molecule has 2 aromatic rings. The van der Waals surface area contributed by atoms with Crippen LogP contribution in [-0.2, 0) is 27.5 Å². The number of aromatic nitrogens is 2. The van der Waals surface area contributed by atoms with Crippen LogP contribution in [0.4, 0.5) is 4.79 Å².